The van der Waals surface area contributed by atoms with Crippen molar-refractivity contribution in [3.8, 4) is 23.0 Å². The van der Waals surface area contributed by atoms with Gasteiger partial charge in [0.1, 0.15) is 5.76 Å². The molecule has 0 unspecified atom stereocenters. The number of hydrogen-bond donors (Lipinski definition) is 2. The van der Waals surface area contributed by atoms with E-state index >= 15 is 0 Å². The Bertz CT molecular complexity index is 1050. The number of oxazole rings is 1. The summed E-state index contributed by atoms with van der Waals surface area (Å²) >= 11 is 0. The SMILES string of the molecule is Cc1oc(-c2ccc3c(c2)OCO3)nc1CC(=O)NCC(=O)Nc1ccccc1. The number of nitrogens with one attached hydrogen (secondary N) is 2. The van der Waals surface area contributed by atoms with Gasteiger partial charge in [-0.2, -0.15) is 0 Å². The lowest BCUT2D eigenvalue weighted by Gasteiger charge is -2.06. The number of rotatable bonds is 6. The maximum Gasteiger partial charge on any atom is 0.243 e. The molecule has 1 aliphatic heterocycles. The molecule has 0 bridgehead atoms. The smallest absolute Gasteiger partial charge is 0.243 e. The molecule has 0 spiro atoms. The molecule has 0 aliphatic carbocycles. The standard InChI is InChI=1S/C21H19N3O5/c1-13-16(10-19(25)22-11-20(26)23-15-5-3-2-4-6-15)24-21(29-13)14-7-8-17-18(9-14)28-12-27-17/h2-9H,10-12H2,1H3,(H,22,25)(H,23,26). The van der Waals surface area contributed by atoms with Gasteiger partial charge in [0.2, 0.25) is 24.5 Å². The van der Waals surface area contributed by atoms with Crippen LogP contribution in [-0.4, -0.2) is 30.1 Å². The van der Waals surface area contributed by atoms with E-state index in [4.69, 9.17) is 13.9 Å². The van der Waals surface area contributed by atoms with Crippen LogP contribution in [-0.2, 0) is 16.0 Å². The summed E-state index contributed by atoms with van der Waals surface area (Å²) in [5, 5.41) is 5.30. The Morgan fingerprint density at radius 2 is 1.83 bits per heavy atom. The van der Waals surface area contributed by atoms with Crippen LogP contribution in [0.1, 0.15) is 11.5 Å². The topological polar surface area (TPSA) is 103 Å². The summed E-state index contributed by atoms with van der Waals surface area (Å²) in [6.07, 6.45) is 0.0124. The van der Waals surface area contributed by atoms with E-state index in [1.54, 1.807) is 31.2 Å². The average Bonchev–Trinajstić information content (AvgIpc) is 3.33. The Kier molecular flexibility index (Phi) is 5.15. The van der Waals surface area contributed by atoms with Gasteiger partial charge in [-0.15, -0.1) is 0 Å². The molecule has 148 valence electrons. The van der Waals surface area contributed by atoms with Gasteiger partial charge in [0.05, 0.1) is 18.7 Å². The van der Waals surface area contributed by atoms with Crippen LogP contribution in [0, 0.1) is 6.92 Å². The molecule has 3 aromatic rings. The highest BCUT2D eigenvalue weighted by Gasteiger charge is 2.19. The predicted octanol–water partition coefficient (Wildman–Crippen LogP) is 2.68. The number of ether oxygens (including phenoxy) is 2. The number of para-hydroxylation sites is 1. The second-order valence-electron chi connectivity index (χ2n) is 6.46. The van der Waals surface area contributed by atoms with Gasteiger partial charge >= 0.3 is 0 Å². The van der Waals surface area contributed by atoms with Gasteiger partial charge in [0.15, 0.2) is 11.5 Å². The lowest BCUT2D eigenvalue weighted by atomic mass is 10.2. The van der Waals surface area contributed by atoms with E-state index in [0.717, 1.165) is 5.56 Å². The molecule has 0 fully saturated rings. The first-order valence-electron chi connectivity index (χ1n) is 9.06. The van der Waals surface area contributed by atoms with Crippen molar-refractivity contribution in [2.45, 2.75) is 13.3 Å². The van der Waals surface area contributed by atoms with Crippen LogP contribution in [0.4, 0.5) is 5.69 Å². The van der Waals surface area contributed by atoms with Gasteiger partial charge in [-0.1, -0.05) is 18.2 Å². The molecule has 29 heavy (non-hydrogen) atoms. The van der Waals surface area contributed by atoms with E-state index in [1.807, 2.05) is 24.3 Å². The fourth-order valence-corrected chi connectivity index (χ4v) is 2.87. The van der Waals surface area contributed by atoms with Gasteiger partial charge in [-0.05, 0) is 37.3 Å². The van der Waals surface area contributed by atoms with Crippen molar-refractivity contribution < 1.29 is 23.5 Å². The second-order valence-corrected chi connectivity index (χ2v) is 6.46. The maximum absolute atomic E-state index is 12.2. The normalized spacial score (nSPS) is 11.9. The average molecular weight is 393 g/mol. The van der Waals surface area contributed by atoms with E-state index in [2.05, 4.69) is 15.6 Å². The Balaban J connectivity index is 1.34. The number of fused-ring (bicyclic) bond motifs is 1. The van der Waals surface area contributed by atoms with Crippen molar-refractivity contribution in [1.82, 2.24) is 10.3 Å². The fourth-order valence-electron chi connectivity index (χ4n) is 2.87. The van der Waals surface area contributed by atoms with E-state index in [9.17, 15) is 9.59 Å². The third-order valence-corrected chi connectivity index (χ3v) is 4.34. The number of carbonyl (C=O) groups is 2. The zero-order chi connectivity index (χ0) is 20.2. The molecule has 1 aromatic heterocycles. The molecule has 2 N–H and O–H groups in total. The Hall–Kier alpha value is -3.81. The number of aryl methyl sites for hydroxylation is 1. The van der Waals surface area contributed by atoms with Gasteiger partial charge in [-0.25, -0.2) is 4.98 Å². The Morgan fingerprint density at radius 1 is 1.03 bits per heavy atom. The van der Waals surface area contributed by atoms with Gasteiger partial charge in [0.25, 0.3) is 0 Å². The molecule has 0 saturated heterocycles. The van der Waals surface area contributed by atoms with Crippen molar-refractivity contribution in [3.05, 3.63) is 60.0 Å². The Morgan fingerprint density at radius 3 is 2.66 bits per heavy atom. The summed E-state index contributed by atoms with van der Waals surface area (Å²) in [4.78, 5) is 28.6. The maximum atomic E-state index is 12.2. The molecule has 8 heteroatoms. The van der Waals surface area contributed by atoms with Crippen molar-refractivity contribution in [2.75, 3.05) is 18.7 Å². The number of amides is 2. The van der Waals surface area contributed by atoms with Gasteiger partial charge < -0.3 is 24.5 Å². The zero-order valence-electron chi connectivity index (χ0n) is 15.7. The molecular weight excluding hydrogens is 374 g/mol. The van der Waals surface area contributed by atoms with Crippen LogP contribution in [0.25, 0.3) is 11.5 Å². The largest absolute Gasteiger partial charge is 0.454 e. The van der Waals surface area contributed by atoms with Crippen LogP contribution in [0.15, 0.2) is 52.9 Å². The minimum Gasteiger partial charge on any atom is -0.454 e. The highest BCUT2D eigenvalue weighted by molar-refractivity contribution is 5.94. The van der Waals surface area contributed by atoms with Crippen molar-refractivity contribution in [3.63, 3.8) is 0 Å². The number of hydrogen-bond acceptors (Lipinski definition) is 6. The van der Waals surface area contributed by atoms with Gasteiger partial charge in [-0.3, -0.25) is 9.59 Å². The molecule has 0 radical (unpaired) electrons. The van der Waals surface area contributed by atoms with Crippen LogP contribution in [0.3, 0.4) is 0 Å². The number of carbonyl (C=O) groups excluding carboxylic acids is 2. The monoisotopic (exact) mass is 393 g/mol. The van der Waals surface area contributed by atoms with Crippen LogP contribution in [0.2, 0.25) is 0 Å². The van der Waals surface area contributed by atoms with Gasteiger partial charge in [0, 0.05) is 11.3 Å². The van der Waals surface area contributed by atoms with Crippen molar-refractivity contribution >= 4 is 17.5 Å². The van der Waals surface area contributed by atoms with Crippen molar-refractivity contribution in [2.24, 2.45) is 0 Å². The minimum absolute atomic E-state index is 0.0124. The van der Waals surface area contributed by atoms with E-state index < -0.39 is 0 Å². The molecule has 1 aliphatic rings. The molecule has 2 aromatic carbocycles. The van der Waals surface area contributed by atoms with Crippen LogP contribution in [0.5, 0.6) is 11.5 Å². The quantitative estimate of drug-likeness (QED) is 0.668. The van der Waals surface area contributed by atoms with Crippen molar-refractivity contribution in [1.29, 1.82) is 0 Å². The molecule has 2 heterocycles. The Labute approximate surface area is 166 Å². The molecule has 4 rings (SSSR count). The summed E-state index contributed by atoms with van der Waals surface area (Å²) in [6, 6.07) is 14.4. The number of nitrogens with zero attached hydrogens (tertiary/aromatic N) is 1. The van der Waals surface area contributed by atoms with E-state index in [0.29, 0.717) is 34.5 Å². The summed E-state index contributed by atoms with van der Waals surface area (Å²) in [7, 11) is 0. The fraction of sp³-hybridized carbons (Fsp3) is 0.190. The predicted molar refractivity (Wildman–Crippen MR) is 105 cm³/mol. The summed E-state index contributed by atoms with van der Waals surface area (Å²) < 4.78 is 16.4. The summed E-state index contributed by atoms with van der Waals surface area (Å²) in [5.74, 6) is 1.61. The minimum atomic E-state index is -0.318. The second kappa shape index (κ2) is 8.05. The number of benzene rings is 2. The molecular formula is C21H19N3O5. The number of anilines is 1. The third-order valence-electron chi connectivity index (χ3n) is 4.34. The molecule has 2 amide bonds. The first kappa shape index (κ1) is 18.5. The first-order chi connectivity index (χ1) is 14.1. The highest BCUT2D eigenvalue weighted by atomic mass is 16.7. The molecule has 0 saturated carbocycles. The lowest BCUT2D eigenvalue weighted by molar-refractivity contribution is -0.123. The molecule has 0 atom stereocenters. The number of aromatic nitrogens is 1. The van der Waals surface area contributed by atoms with Crippen LogP contribution >= 0.6 is 0 Å². The summed E-state index contributed by atoms with van der Waals surface area (Å²) in [6.45, 7) is 1.81. The zero-order valence-corrected chi connectivity index (χ0v) is 15.7. The summed E-state index contributed by atoms with van der Waals surface area (Å²) in [5.41, 5.74) is 1.91. The van der Waals surface area contributed by atoms with E-state index in [1.165, 1.54) is 0 Å². The first-order valence-corrected chi connectivity index (χ1v) is 9.06. The third kappa shape index (κ3) is 4.37. The molecule has 8 nitrogen and oxygen atoms in total. The lowest BCUT2D eigenvalue weighted by Crippen LogP contribution is -2.33. The highest BCUT2D eigenvalue weighted by Crippen LogP contribution is 2.36. The van der Waals surface area contributed by atoms with E-state index in [-0.39, 0.29) is 31.6 Å². The van der Waals surface area contributed by atoms with Crippen LogP contribution < -0.4 is 20.1 Å².